The molecule has 0 spiro atoms. The standard InChI is InChI=1S/C13H13Cl2N5/c1-7(2)20-5-8(4-17-20)11-12(16)19-6-9(14)3-10(15)13(19)18-11/h3-7H,16H2,1-2H3. The number of fused-ring (bicyclic) bond motifs is 1. The molecule has 0 aliphatic heterocycles. The quantitative estimate of drug-likeness (QED) is 0.785. The molecule has 0 atom stereocenters. The third-order valence-corrected chi connectivity index (χ3v) is 3.57. The number of nitrogen functional groups attached to an aromatic ring is 1. The first-order valence-electron chi connectivity index (χ1n) is 6.14. The van der Waals surface area contributed by atoms with Crippen LogP contribution in [0.2, 0.25) is 10.0 Å². The van der Waals surface area contributed by atoms with Crippen LogP contribution in [0.25, 0.3) is 16.9 Å². The summed E-state index contributed by atoms with van der Waals surface area (Å²) in [7, 11) is 0. The lowest BCUT2D eigenvalue weighted by molar-refractivity contribution is 0.532. The molecule has 0 radical (unpaired) electrons. The first-order valence-corrected chi connectivity index (χ1v) is 6.90. The van der Waals surface area contributed by atoms with Gasteiger partial charge in [-0.3, -0.25) is 9.08 Å². The fraction of sp³-hybridized carbons (Fsp3) is 0.231. The van der Waals surface area contributed by atoms with E-state index in [1.807, 2.05) is 10.9 Å². The molecule has 0 unspecified atom stereocenters. The van der Waals surface area contributed by atoms with Crippen LogP contribution in [0.3, 0.4) is 0 Å². The van der Waals surface area contributed by atoms with Gasteiger partial charge in [0.05, 0.1) is 16.2 Å². The van der Waals surface area contributed by atoms with Gasteiger partial charge in [-0.25, -0.2) is 4.98 Å². The zero-order valence-corrected chi connectivity index (χ0v) is 12.5. The molecule has 3 rings (SSSR count). The van der Waals surface area contributed by atoms with Crippen molar-refractivity contribution in [2.24, 2.45) is 0 Å². The molecule has 0 bridgehead atoms. The van der Waals surface area contributed by atoms with Gasteiger partial charge in [0, 0.05) is 24.0 Å². The Balaban J connectivity index is 2.21. The van der Waals surface area contributed by atoms with Crippen LogP contribution < -0.4 is 5.73 Å². The zero-order valence-electron chi connectivity index (χ0n) is 11.0. The molecule has 3 aromatic heterocycles. The third kappa shape index (κ3) is 2.03. The molecule has 20 heavy (non-hydrogen) atoms. The van der Waals surface area contributed by atoms with Gasteiger partial charge in [0.25, 0.3) is 0 Å². The summed E-state index contributed by atoms with van der Waals surface area (Å²) in [5.41, 5.74) is 8.23. The Morgan fingerprint density at radius 2 is 2.00 bits per heavy atom. The fourth-order valence-electron chi connectivity index (χ4n) is 2.05. The Kier molecular flexibility index (Phi) is 3.11. The zero-order chi connectivity index (χ0) is 14.4. The second-order valence-corrected chi connectivity index (χ2v) is 5.69. The van der Waals surface area contributed by atoms with E-state index in [4.69, 9.17) is 28.9 Å². The van der Waals surface area contributed by atoms with Crippen LogP contribution in [-0.4, -0.2) is 19.2 Å². The van der Waals surface area contributed by atoms with Gasteiger partial charge in [-0.05, 0) is 19.9 Å². The number of nitrogens with zero attached hydrogens (tertiary/aromatic N) is 4. The molecule has 0 fully saturated rings. The van der Waals surface area contributed by atoms with E-state index in [-0.39, 0.29) is 6.04 Å². The van der Waals surface area contributed by atoms with Gasteiger partial charge in [0.15, 0.2) is 5.65 Å². The van der Waals surface area contributed by atoms with E-state index in [0.717, 1.165) is 5.56 Å². The van der Waals surface area contributed by atoms with E-state index in [9.17, 15) is 0 Å². The van der Waals surface area contributed by atoms with Crippen LogP contribution in [0.5, 0.6) is 0 Å². The smallest absolute Gasteiger partial charge is 0.158 e. The van der Waals surface area contributed by atoms with Crippen LogP contribution in [0.4, 0.5) is 5.82 Å². The first kappa shape index (κ1) is 13.3. The van der Waals surface area contributed by atoms with Crippen molar-refractivity contribution in [2.75, 3.05) is 5.73 Å². The summed E-state index contributed by atoms with van der Waals surface area (Å²) in [5.74, 6) is 0.493. The molecule has 2 N–H and O–H groups in total. The summed E-state index contributed by atoms with van der Waals surface area (Å²) in [6.45, 7) is 4.11. The number of halogens is 2. The highest BCUT2D eigenvalue weighted by atomic mass is 35.5. The molecule has 0 saturated heterocycles. The predicted octanol–water partition coefficient (Wildman–Crippen LogP) is 3.67. The fourth-order valence-corrected chi connectivity index (χ4v) is 2.56. The molecule has 0 aliphatic rings. The van der Waals surface area contributed by atoms with Crippen LogP contribution in [0, 0.1) is 0 Å². The summed E-state index contributed by atoms with van der Waals surface area (Å²) in [6.07, 6.45) is 5.35. The van der Waals surface area contributed by atoms with Crippen LogP contribution in [0.1, 0.15) is 19.9 Å². The van der Waals surface area contributed by atoms with Crippen molar-refractivity contribution in [1.29, 1.82) is 0 Å². The van der Waals surface area contributed by atoms with Crippen molar-refractivity contribution in [3.05, 3.63) is 34.7 Å². The van der Waals surface area contributed by atoms with E-state index in [2.05, 4.69) is 23.9 Å². The maximum absolute atomic E-state index is 6.15. The van der Waals surface area contributed by atoms with Gasteiger partial charge < -0.3 is 5.73 Å². The minimum atomic E-state index is 0.278. The Hall–Kier alpha value is -1.72. The van der Waals surface area contributed by atoms with E-state index in [1.165, 1.54) is 0 Å². The molecule has 0 aliphatic carbocycles. The second-order valence-electron chi connectivity index (χ2n) is 4.85. The molecule has 5 nitrogen and oxygen atoms in total. The van der Waals surface area contributed by atoms with Gasteiger partial charge in [0.2, 0.25) is 0 Å². The van der Waals surface area contributed by atoms with Crippen LogP contribution in [-0.2, 0) is 0 Å². The minimum absolute atomic E-state index is 0.278. The number of aromatic nitrogens is 4. The summed E-state index contributed by atoms with van der Waals surface area (Å²) in [4.78, 5) is 4.49. The molecule has 104 valence electrons. The number of pyridine rings is 1. The lowest BCUT2D eigenvalue weighted by Crippen LogP contribution is -1.99. The first-order chi connectivity index (χ1) is 9.47. The highest BCUT2D eigenvalue weighted by Crippen LogP contribution is 2.31. The normalized spacial score (nSPS) is 11.7. The highest BCUT2D eigenvalue weighted by molar-refractivity contribution is 6.36. The Bertz CT molecular complexity index is 788. The number of hydrogen-bond acceptors (Lipinski definition) is 3. The summed E-state index contributed by atoms with van der Waals surface area (Å²) in [6, 6.07) is 1.92. The van der Waals surface area contributed by atoms with Gasteiger partial charge >= 0.3 is 0 Å². The van der Waals surface area contributed by atoms with Gasteiger partial charge in [-0.2, -0.15) is 5.10 Å². The maximum atomic E-state index is 6.15. The number of rotatable bonds is 2. The summed E-state index contributed by atoms with van der Waals surface area (Å²) < 4.78 is 3.54. The van der Waals surface area contributed by atoms with Crippen molar-refractivity contribution < 1.29 is 0 Å². The SMILES string of the molecule is CC(C)n1cc(-c2nc3c(Cl)cc(Cl)cn3c2N)cn1. The molecule has 3 heterocycles. The summed E-state index contributed by atoms with van der Waals surface area (Å²) in [5, 5.41) is 5.27. The largest absolute Gasteiger partial charge is 0.383 e. The lowest BCUT2D eigenvalue weighted by Gasteiger charge is -2.02. The second kappa shape index (κ2) is 4.68. The molecule has 0 aromatic carbocycles. The van der Waals surface area contributed by atoms with E-state index >= 15 is 0 Å². The highest BCUT2D eigenvalue weighted by Gasteiger charge is 2.16. The van der Waals surface area contributed by atoms with Crippen molar-refractivity contribution in [3.8, 4) is 11.3 Å². The molecule has 0 amide bonds. The van der Waals surface area contributed by atoms with Crippen LogP contribution >= 0.6 is 23.2 Å². The predicted molar refractivity (Wildman–Crippen MR) is 81.2 cm³/mol. The minimum Gasteiger partial charge on any atom is -0.383 e. The Morgan fingerprint density at radius 3 is 2.65 bits per heavy atom. The van der Waals surface area contributed by atoms with E-state index in [0.29, 0.717) is 27.2 Å². The number of hydrogen-bond donors (Lipinski definition) is 1. The van der Waals surface area contributed by atoms with Crippen molar-refractivity contribution in [3.63, 3.8) is 0 Å². The molecular formula is C13H13Cl2N5. The van der Waals surface area contributed by atoms with Gasteiger partial charge in [-0.1, -0.05) is 23.2 Å². The number of nitrogens with two attached hydrogens (primary N) is 1. The molecule has 7 heteroatoms. The number of imidazole rings is 1. The molecule has 0 saturated carbocycles. The van der Waals surface area contributed by atoms with E-state index < -0.39 is 0 Å². The maximum Gasteiger partial charge on any atom is 0.158 e. The average molecular weight is 310 g/mol. The monoisotopic (exact) mass is 309 g/mol. The van der Waals surface area contributed by atoms with Crippen molar-refractivity contribution >= 4 is 34.7 Å². The third-order valence-electron chi connectivity index (χ3n) is 3.08. The van der Waals surface area contributed by atoms with E-state index in [1.54, 1.807) is 22.9 Å². The summed E-state index contributed by atoms with van der Waals surface area (Å²) >= 11 is 12.1. The average Bonchev–Trinajstić information content (AvgIpc) is 2.95. The van der Waals surface area contributed by atoms with Crippen LogP contribution in [0.15, 0.2) is 24.7 Å². The van der Waals surface area contributed by atoms with Gasteiger partial charge in [-0.15, -0.1) is 0 Å². The molecular weight excluding hydrogens is 297 g/mol. The number of anilines is 1. The van der Waals surface area contributed by atoms with Crippen molar-refractivity contribution in [2.45, 2.75) is 19.9 Å². The topological polar surface area (TPSA) is 61.1 Å². The van der Waals surface area contributed by atoms with Crippen molar-refractivity contribution in [1.82, 2.24) is 19.2 Å². The molecule has 3 aromatic rings. The Morgan fingerprint density at radius 1 is 1.25 bits per heavy atom. The Labute approximate surface area is 125 Å². The lowest BCUT2D eigenvalue weighted by atomic mass is 10.2. The van der Waals surface area contributed by atoms with Gasteiger partial charge in [0.1, 0.15) is 11.5 Å².